The molecule has 4 heteroatoms. The normalized spacial score (nSPS) is 10.2. The van der Waals surface area contributed by atoms with Gasteiger partial charge in [0.1, 0.15) is 5.75 Å². The molecule has 0 atom stereocenters. The van der Waals surface area contributed by atoms with E-state index in [0.717, 1.165) is 5.56 Å². The highest BCUT2D eigenvalue weighted by Gasteiger charge is 2.12. The summed E-state index contributed by atoms with van der Waals surface area (Å²) in [7, 11) is 0. The van der Waals surface area contributed by atoms with Crippen molar-refractivity contribution >= 4 is 5.91 Å². The van der Waals surface area contributed by atoms with Gasteiger partial charge in [-0.25, -0.2) is 0 Å². The molecule has 0 unspecified atom stereocenters. The van der Waals surface area contributed by atoms with E-state index in [-0.39, 0.29) is 19.1 Å². The number of carbonyl (C=O) groups excluding carboxylic acids is 1. The number of rotatable bonds is 6. The first-order valence-electron chi connectivity index (χ1n) is 6.23. The van der Waals surface area contributed by atoms with Crippen LogP contribution in [0.4, 0.5) is 0 Å². The predicted molar refractivity (Wildman–Crippen MR) is 70.5 cm³/mol. The van der Waals surface area contributed by atoms with Crippen LogP contribution in [0.3, 0.4) is 0 Å². The maximum absolute atomic E-state index is 11.8. The molecule has 1 N–H and O–H groups in total. The van der Waals surface area contributed by atoms with Crippen molar-refractivity contribution in [2.45, 2.75) is 27.4 Å². The van der Waals surface area contributed by atoms with Gasteiger partial charge in [0, 0.05) is 18.7 Å². The number of hydrogen-bond acceptors (Lipinski definition) is 3. The zero-order valence-electron chi connectivity index (χ0n) is 11.3. The van der Waals surface area contributed by atoms with Gasteiger partial charge in [0.2, 0.25) is 0 Å². The summed E-state index contributed by atoms with van der Waals surface area (Å²) in [4.78, 5) is 13.5. The van der Waals surface area contributed by atoms with Crippen molar-refractivity contribution in [3.05, 3.63) is 29.3 Å². The molecule has 0 bridgehead atoms. The molecule has 0 aromatic heterocycles. The van der Waals surface area contributed by atoms with E-state index >= 15 is 0 Å². The van der Waals surface area contributed by atoms with Gasteiger partial charge < -0.3 is 14.7 Å². The fourth-order valence-electron chi connectivity index (χ4n) is 1.85. The molecule has 1 amide bonds. The molecule has 18 heavy (non-hydrogen) atoms. The molecule has 4 nitrogen and oxygen atoms in total. The first-order chi connectivity index (χ1) is 8.63. The molecule has 0 heterocycles. The van der Waals surface area contributed by atoms with Gasteiger partial charge >= 0.3 is 0 Å². The average Bonchev–Trinajstić information content (AvgIpc) is 2.38. The fraction of sp³-hybridized carbons (Fsp3) is 0.500. The third-order valence-electron chi connectivity index (χ3n) is 2.92. The number of para-hydroxylation sites is 1. The third kappa shape index (κ3) is 3.47. The lowest BCUT2D eigenvalue weighted by Gasteiger charge is -2.19. The Morgan fingerprint density at radius 3 is 2.56 bits per heavy atom. The molecular weight excluding hydrogens is 230 g/mol. The number of ether oxygens (including phenoxy) is 1. The highest BCUT2D eigenvalue weighted by molar-refractivity contribution is 5.77. The lowest BCUT2D eigenvalue weighted by atomic mass is 10.1. The van der Waals surface area contributed by atoms with Crippen LogP contribution in [-0.4, -0.2) is 35.6 Å². The minimum Gasteiger partial charge on any atom is -0.483 e. The molecule has 0 aliphatic rings. The number of aryl methyl sites for hydroxylation is 1. The van der Waals surface area contributed by atoms with Gasteiger partial charge in [-0.1, -0.05) is 18.2 Å². The number of likely N-dealkylation sites (N-methyl/N-ethyl adjacent to an activating group) is 1. The standard InChI is InChI=1S/C14H21NO3/c1-4-15(5-2)13(17)10-18-14-11(3)7-6-8-12(14)9-16/h6-8,16H,4-5,9-10H2,1-3H3. The molecular formula is C14H21NO3. The minimum atomic E-state index is -0.0868. The SMILES string of the molecule is CCN(CC)C(=O)COc1c(C)cccc1CO. The quantitative estimate of drug-likeness (QED) is 0.837. The number of amides is 1. The Labute approximate surface area is 108 Å². The average molecular weight is 251 g/mol. The van der Waals surface area contributed by atoms with Crippen LogP contribution in [0, 0.1) is 6.92 Å². The summed E-state index contributed by atoms with van der Waals surface area (Å²) in [5.74, 6) is 0.577. The van der Waals surface area contributed by atoms with E-state index in [1.54, 1.807) is 11.0 Å². The summed E-state index contributed by atoms with van der Waals surface area (Å²) in [5, 5.41) is 9.23. The number of aliphatic hydroxyl groups excluding tert-OH is 1. The van der Waals surface area contributed by atoms with E-state index in [0.29, 0.717) is 24.4 Å². The fourth-order valence-corrected chi connectivity index (χ4v) is 1.85. The summed E-state index contributed by atoms with van der Waals surface area (Å²) in [6.07, 6.45) is 0. The summed E-state index contributed by atoms with van der Waals surface area (Å²) in [5.41, 5.74) is 1.64. The van der Waals surface area contributed by atoms with Crippen LogP contribution in [0.25, 0.3) is 0 Å². The largest absolute Gasteiger partial charge is 0.483 e. The number of hydrogen-bond donors (Lipinski definition) is 1. The van der Waals surface area contributed by atoms with E-state index in [9.17, 15) is 9.90 Å². The second-order valence-electron chi connectivity index (χ2n) is 4.08. The zero-order chi connectivity index (χ0) is 13.5. The maximum atomic E-state index is 11.8. The Morgan fingerprint density at radius 2 is 2.00 bits per heavy atom. The number of nitrogens with zero attached hydrogens (tertiary/aromatic N) is 1. The molecule has 1 aromatic carbocycles. The Hall–Kier alpha value is -1.55. The molecule has 0 saturated carbocycles. The molecule has 1 rings (SSSR count). The van der Waals surface area contributed by atoms with E-state index in [1.807, 2.05) is 32.9 Å². The van der Waals surface area contributed by atoms with Crippen LogP contribution in [-0.2, 0) is 11.4 Å². The number of benzene rings is 1. The van der Waals surface area contributed by atoms with Crippen molar-refractivity contribution in [3.63, 3.8) is 0 Å². The summed E-state index contributed by atoms with van der Waals surface area (Å²) in [6, 6.07) is 5.56. The topological polar surface area (TPSA) is 49.8 Å². The first kappa shape index (κ1) is 14.5. The molecule has 0 spiro atoms. The van der Waals surface area contributed by atoms with Crippen LogP contribution < -0.4 is 4.74 Å². The van der Waals surface area contributed by atoms with Gasteiger partial charge in [-0.15, -0.1) is 0 Å². The van der Waals surface area contributed by atoms with Gasteiger partial charge in [-0.2, -0.15) is 0 Å². The third-order valence-corrected chi connectivity index (χ3v) is 2.92. The monoisotopic (exact) mass is 251 g/mol. The van der Waals surface area contributed by atoms with Crippen molar-refractivity contribution in [3.8, 4) is 5.75 Å². The van der Waals surface area contributed by atoms with Crippen molar-refractivity contribution in [2.24, 2.45) is 0 Å². The van der Waals surface area contributed by atoms with Gasteiger partial charge in [-0.05, 0) is 26.3 Å². The molecule has 0 aliphatic carbocycles. The van der Waals surface area contributed by atoms with Crippen LogP contribution >= 0.6 is 0 Å². The van der Waals surface area contributed by atoms with Crippen LogP contribution in [0.2, 0.25) is 0 Å². The van der Waals surface area contributed by atoms with Gasteiger partial charge in [0.25, 0.3) is 5.91 Å². The van der Waals surface area contributed by atoms with Crippen LogP contribution in [0.5, 0.6) is 5.75 Å². The Balaban J connectivity index is 2.71. The minimum absolute atomic E-state index is 0.0134. The maximum Gasteiger partial charge on any atom is 0.260 e. The Kier molecular flexibility index (Phi) is 5.65. The zero-order valence-corrected chi connectivity index (χ0v) is 11.3. The molecule has 0 fully saturated rings. The van der Waals surface area contributed by atoms with Gasteiger partial charge in [-0.3, -0.25) is 4.79 Å². The van der Waals surface area contributed by atoms with Crippen LogP contribution in [0.1, 0.15) is 25.0 Å². The molecule has 0 aliphatic heterocycles. The summed E-state index contributed by atoms with van der Waals surface area (Å²) >= 11 is 0. The lowest BCUT2D eigenvalue weighted by Crippen LogP contribution is -2.34. The van der Waals surface area contributed by atoms with Crippen molar-refractivity contribution in [1.82, 2.24) is 4.90 Å². The first-order valence-corrected chi connectivity index (χ1v) is 6.23. The van der Waals surface area contributed by atoms with Gasteiger partial charge in [0.05, 0.1) is 6.61 Å². The van der Waals surface area contributed by atoms with E-state index in [4.69, 9.17) is 4.74 Å². The van der Waals surface area contributed by atoms with E-state index < -0.39 is 0 Å². The van der Waals surface area contributed by atoms with E-state index in [1.165, 1.54) is 0 Å². The molecule has 100 valence electrons. The lowest BCUT2D eigenvalue weighted by molar-refractivity contribution is -0.133. The smallest absolute Gasteiger partial charge is 0.260 e. The van der Waals surface area contributed by atoms with Crippen LogP contribution in [0.15, 0.2) is 18.2 Å². The molecule has 0 saturated heterocycles. The van der Waals surface area contributed by atoms with Crippen molar-refractivity contribution in [2.75, 3.05) is 19.7 Å². The van der Waals surface area contributed by atoms with Crippen molar-refractivity contribution < 1.29 is 14.6 Å². The van der Waals surface area contributed by atoms with Crippen molar-refractivity contribution in [1.29, 1.82) is 0 Å². The second-order valence-corrected chi connectivity index (χ2v) is 4.08. The second kappa shape index (κ2) is 7.01. The molecule has 0 radical (unpaired) electrons. The molecule has 1 aromatic rings. The number of aliphatic hydroxyl groups is 1. The summed E-state index contributed by atoms with van der Waals surface area (Å²) in [6.45, 7) is 7.06. The van der Waals surface area contributed by atoms with E-state index in [2.05, 4.69) is 0 Å². The number of carbonyl (C=O) groups is 1. The Morgan fingerprint density at radius 1 is 1.33 bits per heavy atom. The Bertz CT molecular complexity index is 400. The highest BCUT2D eigenvalue weighted by Crippen LogP contribution is 2.23. The van der Waals surface area contributed by atoms with Gasteiger partial charge in [0.15, 0.2) is 6.61 Å². The predicted octanol–water partition coefficient (Wildman–Crippen LogP) is 1.73. The summed E-state index contributed by atoms with van der Waals surface area (Å²) < 4.78 is 5.55. The highest BCUT2D eigenvalue weighted by atomic mass is 16.5.